The second-order valence-electron chi connectivity index (χ2n) is 4.42. The van der Waals surface area contributed by atoms with Crippen LogP contribution in [0.15, 0.2) is 28.7 Å². The highest BCUT2D eigenvalue weighted by Gasteiger charge is 2.19. The molecule has 1 nitrogen and oxygen atoms in total. The summed E-state index contributed by atoms with van der Waals surface area (Å²) >= 11 is 6.91. The number of benzene rings is 1. The molecule has 0 saturated carbocycles. The van der Waals surface area contributed by atoms with Crippen molar-refractivity contribution in [1.82, 2.24) is 0 Å². The number of hydrogen-bond donors (Lipinski definition) is 0. The van der Waals surface area contributed by atoms with Crippen molar-refractivity contribution in [2.45, 2.75) is 32.5 Å². The molecule has 0 radical (unpaired) electrons. The normalized spacial score (nSPS) is 13.9. The fourth-order valence-corrected chi connectivity index (χ4v) is 2.06. The van der Waals surface area contributed by atoms with Crippen molar-refractivity contribution in [1.29, 1.82) is 0 Å². The maximum atomic E-state index is 5.95. The van der Waals surface area contributed by atoms with E-state index in [1.54, 1.807) is 0 Å². The molecular weight excluding hydrogens is 320 g/mol. The average molecular weight is 336 g/mol. The van der Waals surface area contributed by atoms with Crippen molar-refractivity contribution in [3.05, 3.63) is 34.3 Å². The largest absolute Gasteiger partial charge is 0.367 e. The van der Waals surface area contributed by atoms with Crippen LogP contribution >= 0.6 is 31.9 Å². The van der Waals surface area contributed by atoms with Crippen LogP contribution in [-0.4, -0.2) is 10.9 Å². The van der Waals surface area contributed by atoms with Crippen molar-refractivity contribution in [3.8, 4) is 0 Å². The average Bonchev–Trinajstić information content (AvgIpc) is 2.14. The molecule has 3 heteroatoms. The quantitative estimate of drug-likeness (QED) is 0.727. The number of rotatable bonds is 3. The summed E-state index contributed by atoms with van der Waals surface area (Å²) in [5, 5.41) is 0.811. The first kappa shape index (κ1) is 13.2. The van der Waals surface area contributed by atoms with Crippen LogP contribution in [0.5, 0.6) is 0 Å². The van der Waals surface area contributed by atoms with Crippen LogP contribution in [0.2, 0.25) is 0 Å². The summed E-state index contributed by atoms with van der Waals surface area (Å²) in [4.78, 5) is 0. The Hall–Kier alpha value is 0.140. The standard InChI is InChI=1S/C12H16Br2O/c1-12(2,3)15-11(8-13)9-4-6-10(14)7-5-9/h4-7,11H,8H2,1-3H3. The predicted octanol–water partition coefficient (Wildman–Crippen LogP) is 4.70. The Morgan fingerprint density at radius 2 is 1.73 bits per heavy atom. The summed E-state index contributed by atoms with van der Waals surface area (Å²) < 4.78 is 7.04. The van der Waals surface area contributed by atoms with E-state index in [2.05, 4.69) is 64.8 Å². The molecule has 0 spiro atoms. The number of halogens is 2. The minimum atomic E-state index is -0.120. The first-order chi connectivity index (χ1) is 6.92. The van der Waals surface area contributed by atoms with E-state index in [1.807, 2.05) is 12.1 Å². The van der Waals surface area contributed by atoms with E-state index in [1.165, 1.54) is 5.56 Å². The van der Waals surface area contributed by atoms with E-state index >= 15 is 0 Å². The molecule has 1 rings (SSSR count). The monoisotopic (exact) mass is 334 g/mol. The van der Waals surface area contributed by atoms with Crippen LogP contribution in [0.25, 0.3) is 0 Å². The summed E-state index contributed by atoms with van der Waals surface area (Å²) in [6, 6.07) is 8.25. The van der Waals surface area contributed by atoms with Crippen LogP contribution in [0.4, 0.5) is 0 Å². The fourth-order valence-electron chi connectivity index (χ4n) is 1.29. The van der Waals surface area contributed by atoms with Gasteiger partial charge in [0.1, 0.15) is 0 Å². The minimum Gasteiger partial charge on any atom is -0.367 e. The Morgan fingerprint density at radius 3 is 2.13 bits per heavy atom. The molecule has 1 aromatic carbocycles. The van der Waals surface area contributed by atoms with E-state index < -0.39 is 0 Å². The zero-order valence-corrected chi connectivity index (χ0v) is 12.4. The Balaban J connectivity index is 2.79. The molecule has 0 aliphatic carbocycles. The van der Waals surface area contributed by atoms with Crippen LogP contribution in [0.1, 0.15) is 32.4 Å². The van der Waals surface area contributed by atoms with Crippen LogP contribution < -0.4 is 0 Å². The van der Waals surface area contributed by atoms with E-state index in [0.29, 0.717) is 0 Å². The number of hydrogen-bond acceptors (Lipinski definition) is 1. The third-order valence-electron chi connectivity index (χ3n) is 1.88. The van der Waals surface area contributed by atoms with Crippen molar-refractivity contribution >= 4 is 31.9 Å². The maximum Gasteiger partial charge on any atom is 0.0928 e. The molecule has 84 valence electrons. The summed E-state index contributed by atoms with van der Waals surface area (Å²) in [7, 11) is 0. The molecule has 0 bridgehead atoms. The lowest BCUT2D eigenvalue weighted by Gasteiger charge is -2.26. The third kappa shape index (κ3) is 4.66. The lowest BCUT2D eigenvalue weighted by molar-refractivity contribution is -0.0501. The van der Waals surface area contributed by atoms with Crippen molar-refractivity contribution in [2.24, 2.45) is 0 Å². The van der Waals surface area contributed by atoms with Crippen LogP contribution in [-0.2, 0) is 4.74 Å². The van der Waals surface area contributed by atoms with Gasteiger partial charge in [-0.1, -0.05) is 44.0 Å². The van der Waals surface area contributed by atoms with Gasteiger partial charge >= 0.3 is 0 Å². The zero-order valence-electron chi connectivity index (χ0n) is 9.26. The van der Waals surface area contributed by atoms with Crippen LogP contribution in [0, 0.1) is 0 Å². The minimum absolute atomic E-state index is 0.109. The lowest BCUT2D eigenvalue weighted by atomic mass is 10.1. The summed E-state index contributed by atoms with van der Waals surface area (Å²) in [6.45, 7) is 6.21. The van der Waals surface area contributed by atoms with Crippen molar-refractivity contribution in [2.75, 3.05) is 5.33 Å². The Bertz CT molecular complexity index is 300. The summed E-state index contributed by atoms with van der Waals surface area (Å²) in [5.74, 6) is 0. The molecule has 0 aliphatic heterocycles. The SMILES string of the molecule is CC(C)(C)OC(CBr)c1ccc(Br)cc1. The lowest BCUT2D eigenvalue weighted by Crippen LogP contribution is -2.23. The van der Waals surface area contributed by atoms with Gasteiger partial charge in [0.25, 0.3) is 0 Å². The molecule has 1 atom stereocenters. The van der Waals surface area contributed by atoms with E-state index in [4.69, 9.17) is 4.74 Å². The fraction of sp³-hybridized carbons (Fsp3) is 0.500. The smallest absolute Gasteiger partial charge is 0.0928 e. The molecule has 0 fully saturated rings. The second-order valence-corrected chi connectivity index (χ2v) is 5.99. The Labute approximate surface area is 108 Å². The summed E-state index contributed by atoms with van der Waals surface area (Å²) in [5.41, 5.74) is 1.08. The molecule has 0 amide bonds. The van der Waals surface area contributed by atoms with Crippen molar-refractivity contribution < 1.29 is 4.74 Å². The Morgan fingerprint density at radius 1 is 1.20 bits per heavy atom. The molecule has 0 N–H and O–H groups in total. The number of ether oxygens (including phenoxy) is 1. The maximum absolute atomic E-state index is 5.95. The molecule has 0 aliphatic rings. The molecule has 0 aromatic heterocycles. The van der Waals surface area contributed by atoms with Gasteiger partial charge in [0.2, 0.25) is 0 Å². The summed E-state index contributed by atoms with van der Waals surface area (Å²) in [6.07, 6.45) is 0.109. The topological polar surface area (TPSA) is 9.23 Å². The third-order valence-corrected chi connectivity index (χ3v) is 2.99. The van der Waals surface area contributed by atoms with E-state index in [0.717, 1.165) is 9.80 Å². The van der Waals surface area contributed by atoms with Gasteiger partial charge in [-0.05, 0) is 38.5 Å². The molecule has 15 heavy (non-hydrogen) atoms. The first-order valence-electron chi connectivity index (χ1n) is 4.91. The van der Waals surface area contributed by atoms with Crippen LogP contribution in [0.3, 0.4) is 0 Å². The van der Waals surface area contributed by atoms with Crippen molar-refractivity contribution in [3.63, 3.8) is 0 Å². The highest BCUT2D eigenvalue weighted by Crippen LogP contribution is 2.26. The molecule has 0 heterocycles. The van der Waals surface area contributed by atoms with Gasteiger partial charge in [0.15, 0.2) is 0 Å². The molecule has 1 aromatic rings. The van der Waals surface area contributed by atoms with E-state index in [9.17, 15) is 0 Å². The number of alkyl halides is 1. The predicted molar refractivity (Wildman–Crippen MR) is 71.5 cm³/mol. The first-order valence-corrected chi connectivity index (χ1v) is 6.83. The van der Waals surface area contributed by atoms with Gasteiger partial charge in [-0.15, -0.1) is 0 Å². The highest BCUT2D eigenvalue weighted by molar-refractivity contribution is 9.10. The highest BCUT2D eigenvalue weighted by atomic mass is 79.9. The molecule has 1 unspecified atom stereocenters. The van der Waals surface area contributed by atoms with Gasteiger partial charge < -0.3 is 4.74 Å². The van der Waals surface area contributed by atoms with Gasteiger partial charge in [-0.2, -0.15) is 0 Å². The zero-order chi connectivity index (χ0) is 11.5. The Kier molecular flexibility index (Phi) is 4.81. The van der Waals surface area contributed by atoms with Gasteiger partial charge in [-0.25, -0.2) is 0 Å². The van der Waals surface area contributed by atoms with Gasteiger partial charge in [0, 0.05) is 9.80 Å². The van der Waals surface area contributed by atoms with Gasteiger partial charge in [-0.3, -0.25) is 0 Å². The molecular formula is C12H16Br2O. The molecule has 0 saturated heterocycles. The van der Waals surface area contributed by atoms with E-state index in [-0.39, 0.29) is 11.7 Å². The van der Waals surface area contributed by atoms with Gasteiger partial charge in [0.05, 0.1) is 11.7 Å². The second kappa shape index (κ2) is 5.46.